The largest absolute Gasteiger partial charge is 0.396 e. The maximum atomic E-state index is 11.6. The molecule has 18 heavy (non-hydrogen) atoms. The molecule has 1 heterocycles. The van der Waals surface area contributed by atoms with E-state index >= 15 is 0 Å². The fourth-order valence-electron chi connectivity index (χ4n) is 3.64. The summed E-state index contributed by atoms with van der Waals surface area (Å²) in [6, 6.07) is 0. The van der Waals surface area contributed by atoms with Crippen LogP contribution < -0.4 is 0 Å². The van der Waals surface area contributed by atoms with Crippen LogP contribution in [0.15, 0.2) is 0 Å². The van der Waals surface area contributed by atoms with Crippen molar-refractivity contribution in [3.63, 3.8) is 0 Å². The Kier molecular flexibility index (Phi) is 5.19. The molecule has 1 N–H and O–H groups in total. The summed E-state index contributed by atoms with van der Waals surface area (Å²) in [6.07, 6.45) is 10.7. The molecule has 2 fully saturated rings. The monoisotopic (exact) mass is 253 g/mol. The first-order valence-corrected chi connectivity index (χ1v) is 7.57. The van der Waals surface area contributed by atoms with Crippen molar-refractivity contribution in [2.75, 3.05) is 26.2 Å². The maximum Gasteiger partial charge on any atom is 0.127 e. The predicted octanol–water partition coefficient (Wildman–Crippen LogP) is 2.23. The van der Waals surface area contributed by atoms with E-state index < -0.39 is 0 Å². The normalized spacial score (nSPS) is 29.7. The van der Waals surface area contributed by atoms with Gasteiger partial charge in [0.1, 0.15) is 6.29 Å². The number of nitrogens with zero attached hydrogens (tertiary/aromatic N) is 1. The SMILES string of the molecule is O=CC1(CN2CCCC(CO)C2)CCCCCC1. The fraction of sp³-hybridized carbons (Fsp3) is 0.933. The molecule has 0 bridgehead atoms. The van der Waals surface area contributed by atoms with E-state index in [2.05, 4.69) is 4.90 Å². The van der Waals surface area contributed by atoms with Crippen LogP contribution in [-0.4, -0.2) is 42.5 Å². The zero-order valence-corrected chi connectivity index (χ0v) is 11.4. The summed E-state index contributed by atoms with van der Waals surface area (Å²) in [5, 5.41) is 9.28. The minimum atomic E-state index is -0.0894. The van der Waals surface area contributed by atoms with E-state index in [0.29, 0.717) is 12.5 Å². The van der Waals surface area contributed by atoms with Gasteiger partial charge in [0.05, 0.1) is 0 Å². The van der Waals surface area contributed by atoms with E-state index in [0.717, 1.165) is 38.9 Å². The van der Waals surface area contributed by atoms with Crippen LogP contribution in [0.2, 0.25) is 0 Å². The van der Waals surface area contributed by atoms with Gasteiger partial charge in [-0.2, -0.15) is 0 Å². The van der Waals surface area contributed by atoms with Gasteiger partial charge in [0.25, 0.3) is 0 Å². The highest BCUT2D eigenvalue weighted by molar-refractivity contribution is 5.59. The van der Waals surface area contributed by atoms with Gasteiger partial charge in [0, 0.05) is 25.1 Å². The molecule has 3 nitrogen and oxygen atoms in total. The van der Waals surface area contributed by atoms with Gasteiger partial charge >= 0.3 is 0 Å². The Morgan fingerprint density at radius 3 is 2.50 bits per heavy atom. The summed E-state index contributed by atoms with van der Waals surface area (Å²) in [7, 11) is 0. The van der Waals surface area contributed by atoms with Crippen molar-refractivity contribution in [1.82, 2.24) is 4.90 Å². The molecule has 0 radical (unpaired) electrons. The van der Waals surface area contributed by atoms with Crippen molar-refractivity contribution in [1.29, 1.82) is 0 Å². The molecular formula is C15H27NO2. The van der Waals surface area contributed by atoms with Gasteiger partial charge in [-0.1, -0.05) is 25.7 Å². The van der Waals surface area contributed by atoms with Gasteiger partial charge in [-0.15, -0.1) is 0 Å². The average Bonchev–Trinajstić information content (AvgIpc) is 2.65. The number of aliphatic hydroxyl groups excluding tert-OH is 1. The molecule has 0 aromatic carbocycles. The van der Waals surface area contributed by atoms with Gasteiger partial charge in [0.15, 0.2) is 0 Å². The molecule has 0 spiro atoms. The van der Waals surface area contributed by atoms with Gasteiger partial charge < -0.3 is 14.8 Å². The third-order valence-electron chi connectivity index (χ3n) is 4.75. The van der Waals surface area contributed by atoms with E-state index in [4.69, 9.17) is 0 Å². The van der Waals surface area contributed by atoms with Crippen LogP contribution in [0.5, 0.6) is 0 Å². The van der Waals surface area contributed by atoms with Crippen molar-refractivity contribution in [3.8, 4) is 0 Å². The van der Waals surface area contributed by atoms with E-state index in [9.17, 15) is 9.90 Å². The first kappa shape index (κ1) is 14.0. The van der Waals surface area contributed by atoms with Crippen LogP contribution in [0.25, 0.3) is 0 Å². The molecule has 0 amide bonds. The topological polar surface area (TPSA) is 40.5 Å². The number of aldehydes is 1. The quantitative estimate of drug-likeness (QED) is 0.617. The van der Waals surface area contributed by atoms with Gasteiger partial charge in [-0.05, 0) is 38.1 Å². The number of hydrogen-bond donors (Lipinski definition) is 1. The molecule has 0 aromatic heterocycles. The first-order chi connectivity index (χ1) is 8.78. The van der Waals surface area contributed by atoms with Gasteiger partial charge in [-0.25, -0.2) is 0 Å². The Morgan fingerprint density at radius 1 is 1.17 bits per heavy atom. The third-order valence-corrected chi connectivity index (χ3v) is 4.75. The lowest BCUT2D eigenvalue weighted by molar-refractivity contribution is -0.118. The van der Waals surface area contributed by atoms with E-state index in [1.54, 1.807) is 0 Å². The van der Waals surface area contributed by atoms with Crippen molar-refractivity contribution in [2.45, 2.75) is 51.4 Å². The highest BCUT2D eigenvalue weighted by atomic mass is 16.3. The Bertz CT molecular complexity index is 259. The van der Waals surface area contributed by atoms with E-state index in [1.165, 1.54) is 38.4 Å². The molecule has 2 rings (SSSR count). The summed E-state index contributed by atoms with van der Waals surface area (Å²) < 4.78 is 0. The number of aliphatic hydroxyl groups is 1. The molecule has 1 atom stereocenters. The number of piperidine rings is 1. The van der Waals surface area contributed by atoms with Crippen LogP contribution in [-0.2, 0) is 4.79 Å². The smallest absolute Gasteiger partial charge is 0.127 e. The van der Waals surface area contributed by atoms with Gasteiger partial charge in [-0.3, -0.25) is 0 Å². The highest BCUT2D eigenvalue weighted by Gasteiger charge is 2.34. The van der Waals surface area contributed by atoms with Crippen molar-refractivity contribution in [2.24, 2.45) is 11.3 Å². The Balaban J connectivity index is 1.93. The van der Waals surface area contributed by atoms with Crippen molar-refractivity contribution >= 4 is 6.29 Å². The summed E-state index contributed by atoms with van der Waals surface area (Å²) >= 11 is 0. The van der Waals surface area contributed by atoms with Crippen molar-refractivity contribution in [3.05, 3.63) is 0 Å². The summed E-state index contributed by atoms with van der Waals surface area (Å²) in [4.78, 5) is 14.0. The molecule has 1 saturated carbocycles. The molecule has 0 aromatic rings. The summed E-state index contributed by atoms with van der Waals surface area (Å²) in [5.41, 5.74) is -0.0894. The van der Waals surface area contributed by atoms with Crippen LogP contribution in [0.1, 0.15) is 51.4 Å². The maximum absolute atomic E-state index is 11.6. The lowest BCUT2D eigenvalue weighted by Gasteiger charge is -2.38. The zero-order chi connectivity index (χ0) is 12.8. The lowest BCUT2D eigenvalue weighted by Crippen LogP contribution is -2.44. The lowest BCUT2D eigenvalue weighted by atomic mass is 9.80. The Labute approximate surface area is 111 Å². The minimum absolute atomic E-state index is 0.0894. The number of hydrogen-bond acceptors (Lipinski definition) is 3. The second-order valence-electron chi connectivity index (χ2n) is 6.32. The van der Waals surface area contributed by atoms with Crippen LogP contribution in [0.3, 0.4) is 0 Å². The summed E-state index contributed by atoms with van der Waals surface area (Å²) in [6.45, 7) is 3.30. The summed E-state index contributed by atoms with van der Waals surface area (Å²) in [5.74, 6) is 0.424. The molecule has 1 aliphatic carbocycles. The van der Waals surface area contributed by atoms with Crippen LogP contribution >= 0.6 is 0 Å². The third kappa shape index (κ3) is 3.55. The molecular weight excluding hydrogens is 226 g/mol. The van der Waals surface area contributed by atoms with Gasteiger partial charge in [0.2, 0.25) is 0 Å². The molecule has 1 unspecified atom stereocenters. The number of carbonyl (C=O) groups is 1. The molecule has 2 aliphatic rings. The molecule has 3 heteroatoms. The molecule has 1 aliphatic heterocycles. The Morgan fingerprint density at radius 2 is 1.89 bits per heavy atom. The number of carbonyl (C=O) groups excluding carboxylic acids is 1. The van der Waals surface area contributed by atoms with Crippen LogP contribution in [0, 0.1) is 11.3 Å². The number of likely N-dealkylation sites (tertiary alicyclic amines) is 1. The average molecular weight is 253 g/mol. The molecule has 104 valence electrons. The van der Waals surface area contributed by atoms with E-state index in [-0.39, 0.29) is 5.41 Å². The van der Waals surface area contributed by atoms with Crippen LogP contribution in [0.4, 0.5) is 0 Å². The van der Waals surface area contributed by atoms with E-state index in [1.807, 2.05) is 0 Å². The number of rotatable bonds is 4. The fourth-order valence-corrected chi connectivity index (χ4v) is 3.64. The Hall–Kier alpha value is -0.410. The second-order valence-corrected chi connectivity index (χ2v) is 6.32. The standard InChI is InChI=1S/C15H27NO2/c17-11-14-6-5-9-16(10-14)12-15(13-18)7-3-1-2-4-8-15/h13-14,17H,1-12H2. The second kappa shape index (κ2) is 6.67. The van der Waals surface area contributed by atoms with Crippen molar-refractivity contribution < 1.29 is 9.90 Å². The highest BCUT2D eigenvalue weighted by Crippen LogP contribution is 2.35. The molecule has 1 saturated heterocycles. The predicted molar refractivity (Wildman–Crippen MR) is 72.4 cm³/mol. The minimum Gasteiger partial charge on any atom is -0.396 e. The zero-order valence-electron chi connectivity index (χ0n) is 11.4. The first-order valence-electron chi connectivity index (χ1n) is 7.57.